The van der Waals surface area contributed by atoms with Crippen LogP contribution in [0.25, 0.3) is 0 Å². The van der Waals surface area contributed by atoms with Crippen LogP contribution < -0.4 is 5.32 Å². The maximum atomic E-state index is 3.71. The van der Waals surface area contributed by atoms with Gasteiger partial charge < -0.3 is 10.2 Å². The molecule has 1 rings (SSSR count). The van der Waals surface area contributed by atoms with Gasteiger partial charge in [-0.15, -0.1) is 0 Å². The van der Waals surface area contributed by atoms with E-state index in [4.69, 9.17) is 0 Å². The van der Waals surface area contributed by atoms with Crippen LogP contribution in [0, 0.1) is 5.41 Å². The van der Waals surface area contributed by atoms with Crippen molar-refractivity contribution >= 4 is 11.8 Å². The highest BCUT2D eigenvalue weighted by atomic mass is 32.2. The summed E-state index contributed by atoms with van der Waals surface area (Å²) in [4.78, 5) is 2.61. The smallest absolute Gasteiger partial charge is 0.0191 e. The van der Waals surface area contributed by atoms with Gasteiger partial charge in [0.1, 0.15) is 0 Å². The lowest BCUT2D eigenvalue weighted by Gasteiger charge is -2.38. The minimum absolute atomic E-state index is 0.219. The monoisotopic (exact) mass is 286 g/mol. The minimum Gasteiger partial charge on any atom is -0.311 e. The molecular weight excluding hydrogens is 252 g/mol. The van der Waals surface area contributed by atoms with Crippen LogP contribution >= 0.6 is 11.8 Å². The van der Waals surface area contributed by atoms with E-state index in [1.165, 1.54) is 37.3 Å². The summed E-state index contributed by atoms with van der Waals surface area (Å²) in [5, 5.41) is 3.71. The number of nitrogens with zero attached hydrogens (tertiary/aromatic N) is 1. The molecule has 2 unspecified atom stereocenters. The maximum absolute atomic E-state index is 3.71. The van der Waals surface area contributed by atoms with Gasteiger partial charge in [-0.25, -0.2) is 0 Å². The van der Waals surface area contributed by atoms with E-state index >= 15 is 0 Å². The van der Waals surface area contributed by atoms with Crippen LogP contribution in [-0.4, -0.2) is 48.1 Å². The Bertz CT molecular complexity index is 256. The number of thioether (sulfide) groups is 1. The first-order valence-corrected chi connectivity index (χ1v) is 8.94. The van der Waals surface area contributed by atoms with Crippen LogP contribution in [0.1, 0.15) is 53.9 Å². The summed E-state index contributed by atoms with van der Waals surface area (Å²) in [6.07, 6.45) is 3.95. The molecule has 2 atom stereocenters. The van der Waals surface area contributed by atoms with E-state index in [2.05, 4.69) is 63.6 Å². The van der Waals surface area contributed by atoms with Crippen LogP contribution in [0.15, 0.2) is 0 Å². The van der Waals surface area contributed by atoms with E-state index in [0.717, 1.165) is 12.6 Å². The molecule has 2 nitrogen and oxygen atoms in total. The largest absolute Gasteiger partial charge is 0.311 e. The standard InChI is InChI=1S/C16H34N2S/c1-7-9-16(5,12-17-15(2,3)4)13-18(6)14-8-10-19-11-14/h14,17H,7-13H2,1-6H3. The minimum atomic E-state index is 0.219. The molecule has 1 aliphatic heterocycles. The van der Waals surface area contributed by atoms with Crippen molar-refractivity contribution < 1.29 is 0 Å². The summed E-state index contributed by atoms with van der Waals surface area (Å²) in [6.45, 7) is 13.9. The van der Waals surface area contributed by atoms with Gasteiger partial charge in [0.25, 0.3) is 0 Å². The quantitative estimate of drug-likeness (QED) is 0.769. The van der Waals surface area contributed by atoms with Crippen molar-refractivity contribution in [1.29, 1.82) is 0 Å². The summed E-state index contributed by atoms with van der Waals surface area (Å²) < 4.78 is 0. The Hall–Kier alpha value is 0.270. The highest BCUT2D eigenvalue weighted by molar-refractivity contribution is 7.99. The Balaban J connectivity index is 2.53. The topological polar surface area (TPSA) is 15.3 Å². The molecule has 0 radical (unpaired) electrons. The van der Waals surface area contributed by atoms with Gasteiger partial charge in [0, 0.05) is 30.4 Å². The van der Waals surface area contributed by atoms with Crippen molar-refractivity contribution in [2.75, 3.05) is 31.6 Å². The lowest BCUT2D eigenvalue weighted by atomic mass is 9.83. The van der Waals surface area contributed by atoms with E-state index in [1.54, 1.807) is 0 Å². The van der Waals surface area contributed by atoms with Crippen LogP contribution in [0.4, 0.5) is 0 Å². The molecule has 1 saturated heterocycles. The molecule has 1 heterocycles. The number of nitrogens with one attached hydrogen (secondary N) is 1. The fourth-order valence-corrected chi connectivity index (χ4v) is 4.20. The molecule has 1 N–H and O–H groups in total. The SMILES string of the molecule is CCCC(C)(CNC(C)(C)C)CN(C)C1CCSC1. The van der Waals surface area contributed by atoms with Crippen molar-refractivity contribution in [2.45, 2.75) is 65.5 Å². The molecule has 19 heavy (non-hydrogen) atoms. The molecule has 0 aliphatic carbocycles. The Morgan fingerprint density at radius 3 is 2.42 bits per heavy atom. The fraction of sp³-hybridized carbons (Fsp3) is 1.00. The molecule has 114 valence electrons. The average Bonchev–Trinajstić information content (AvgIpc) is 2.79. The first kappa shape index (κ1) is 17.3. The average molecular weight is 287 g/mol. The van der Waals surface area contributed by atoms with Crippen molar-refractivity contribution in [3.63, 3.8) is 0 Å². The van der Waals surface area contributed by atoms with Gasteiger partial charge in [-0.3, -0.25) is 0 Å². The second-order valence-electron chi connectivity index (χ2n) is 7.60. The summed E-state index contributed by atoms with van der Waals surface area (Å²) in [7, 11) is 2.32. The Kier molecular flexibility index (Phi) is 6.68. The first-order chi connectivity index (χ1) is 8.76. The highest BCUT2D eigenvalue weighted by Crippen LogP contribution is 2.28. The molecule has 0 bridgehead atoms. The predicted octanol–water partition coefficient (Wildman–Crippen LogP) is 3.62. The Labute approximate surface area is 125 Å². The molecule has 0 aromatic carbocycles. The first-order valence-electron chi connectivity index (χ1n) is 7.79. The maximum Gasteiger partial charge on any atom is 0.0191 e. The molecule has 0 aromatic heterocycles. The van der Waals surface area contributed by atoms with Crippen LogP contribution in [0.2, 0.25) is 0 Å². The third kappa shape index (κ3) is 6.50. The molecule has 0 spiro atoms. The third-order valence-electron chi connectivity index (χ3n) is 4.06. The van der Waals surface area contributed by atoms with Crippen LogP contribution in [-0.2, 0) is 0 Å². The zero-order valence-corrected chi connectivity index (χ0v) is 14.7. The van der Waals surface area contributed by atoms with Gasteiger partial charge in [-0.2, -0.15) is 11.8 Å². The van der Waals surface area contributed by atoms with E-state index in [-0.39, 0.29) is 5.54 Å². The van der Waals surface area contributed by atoms with Gasteiger partial charge in [-0.05, 0) is 51.8 Å². The summed E-state index contributed by atoms with van der Waals surface area (Å²) >= 11 is 2.11. The van der Waals surface area contributed by atoms with E-state index < -0.39 is 0 Å². The Morgan fingerprint density at radius 1 is 1.26 bits per heavy atom. The lowest BCUT2D eigenvalue weighted by molar-refractivity contribution is 0.136. The van der Waals surface area contributed by atoms with E-state index in [9.17, 15) is 0 Å². The second-order valence-corrected chi connectivity index (χ2v) is 8.75. The molecule has 0 aromatic rings. The van der Waals surface area contributed by atoms with E-state index in [1.807, 2.05) is 0 Å². The lowest BCUT2D eigenvalue weighted by Crippen LogP contribution is -2.48. The van der Waals surface area contributed by atoms with Crippen molar-refractivity contribution in [2.24, 2.45) is 5.41 Å². The van der Waals surface area contributed by atoms with E-state index in [0.29, 0.717) is 5.41 Å². The molecule has 1 fully saturated rings. The molecular formula is C16H34N2S. The number of rotatable bonds is 7. The Morgan fingerprint density at radius 2 is 1.95 bits per heavy atom. The van der Waals surface area contributed by atoms with Gasteiger partial charge in [-0.1, -0.05) is 20.3 Å². The van der Waals surface area contributed by atoms with Gasteiger partial charge in [0.05, 0.1) is 0 Å². The van der Waals surface area contributed by atoms with Crippen molar-refractivity contribution in [3.05, 3.63) is 0 Å². The summed E-state index contributed by atoms with van der Waals surface area (Å²) in [5.74, 6) is 2.67. The van der Waals surface area contributed by atoms with Gasteiger partial charge in [0.15, 0.2) is 0 Å². The molecule has 0 saturated carbocycles. The number of hydrogen-bond donors (Lipinski definition) is 1. The fourth-order valence-electron chi connectivity index (χ4n) is 2.91. The highest BCUT2D eigenvalue weighted by Gasteiger charge is 2.30. The number of hydrogen-bond acceptors (Lipinski definition) is 3. The summed E-state index contributed by atoms with van der Waals surface area (Å²) in [6, 6.07) is 0.802. The second kappa shape index (κ2) is 7.33. The van der Waals surface area contributed by atoms with Gasteiger partial charge in [0.2, 0.25) is 0 Å². The van der Waals surface area contributed by atoms with Crippen molar-refractivity contribution in [1.82, 2.24) is 10.2 Å². The normalized spacial score (nSPS) is 23.8. The van der Waals surface area contributed by atoms with Crippen molar-refractivity contribution in [3.8, 4) is 0 Å². The zero-order chi connectivity index (χ0) is 14.5. The molecule has 3 heteroatoms. The molecule has 1 aliphatic rings. The predicted molar refractivity (Wildman–Crippen MR) is 89.1 cm³/mol. The third-order valence-corrected chi connectivity index (χ3v) is 5.20. The van der Waals surface area contributed by atoms with Gasteiger partial charge >= 0.3 is 0 Å². The van der Waals surface area contributed by atoms with Crippen LogP contribution in [0.3, 0.4) is 0 Å². The zero-order valence-electron chi connectivity index (χ0n) is 13.9. The summed E-state index contributed by atoms with van der Waals surface area (Å²) in [5.41, 5.74) is 0.612. The van der Waals surface area contributed by atoms with Crippen LogP contribution in [0.5, 0.6) is 0 Å². The molecule has 0 amide bonds.